The number of fused-ring (bicyclic) bond motifs is 1. The molecule has 1 N–H and O–H groups in total. The Balaban J connectivity index is 2.02. The molecule has 1 aliphatic heterocycles. The number of aryl methyl sites for hydroxylation is 1. The first kappa shape index (κ1) is 14.2. The Bertz CT molecular complexity index is 602. The molecule has 0 aromatic heterocycles. The molecule has 3 atom stereocenters. The van der Waals surface area contributed by atoms with E-state index in [9.17, 15) is 0 Å². The van der Waals surface area contributed by atoms with Gasteiger partial charge in [-0.05, 0) is 41.0 Å². The van der Waals surface area contributed by atoms with Gasteiger partial charge in [-0.1, -0.05) is 69.7 Å². The minimum absolute atomic E-state index is 0.422. The summed E-state index contributed by atoms with van der Waals surface area (Å²) in [4.78, 5) is 0. The standard InChI is InChI=1S/C20H25N/c1-4-15-11-12-19-18(13-15)14(3)17(5-2)20(21-19)16-9-7-6-8-10-16/h6-14,17,20-21H,4-5H2,1-3H3/t14-,17+,20-/m0/s1. The molecule has 1 heterocycles. The van der Waals surface area contributed by atoms with E-state index in [1.807, 2.05) is 0 Å². The van der Waals surface area contributed by atoms with Gasteiger partial charge in [-0.2, -0.15) is 0 Å². The van der Waals surface area contributed by atoms with Crippen LogP contribution >= 0.6 is 0 Å². The van der Waals surface area contributed by atoms with Gasteiger partial charge in [0.15, 0.2) is 0 Å². The van der Waals surface area contributed by atoms with Crippen molar-refractivity contribution in [3.05, 3.63) is 65.2 Å². The molecule has 110 valence electrons. The third-order valence-corrected chi connectivity index (χ3v) is 5.03. The Labute approximate surface area is 128 Å². The molecule has 0 saturated carbocycles. The molecule has 0 unspecified atom stereocenters. The average molecular weight is 279 g/mol. The number of hydrogen-bond acceptors (Lipinski definition) is 1. The lowest BCUT2D eigenvalue weighted by Gasteiger charge is -2.39. The molecule has 0 aliphatic carbocycles. The van der Waals surface area contributed by atoms with E-state index in [1.54, 1.807) is 0 Å². The van der Waals surface area contributed by atoms with Gasteiger partial charge in [0.25, 0.3) is 0 Å². The molecule has 21 heavy (non-hydrogen) atoms. The first-order chi connectivity index (χ1) is 10.2. The van der Waals surface area contributed by atoms with Crippen molar-refractivity contribution >= 4 is 5.69 Å². The Morgan fingerprint density at radius 3 is 2.43 bits per heavy atom. The van der Waals surface area contributed by atoms with Crippen molar-refractivity contribution in [3.8, 4) is 0 Å². The van der Waals surface area contributed by atoms with Crippen LogP contribution in [-0.4, -0.2) is 0 Å². The van der Waals surface area contributed by atoms with Gasteiger partial charge < -0.3 is 5.32 Å². The highest BCUT2D eigenvalue weighted by Crippen LogP contribution is 2.45. The fourth-order valence-corrected chi connectivity index (χ4v) is 3.71. The number of benzene rings is 2. The van der Waals surface area contributed by atoms with E-state index in [4.69, 9.17) is 0 Å². The van der Waals surface area contributed by atoms with E-state index in [0.29, 0.717) is 17.9 Å². The van der Waals surface area contributed by atoms with Gasteiger partial charge in [-0.25, -0.2) is 0 Å². The molecule has 0 bridgehead atoms. The van der Waals surface area contributed by atoms with Gasteiger partial charge in [-0.3, -0.25) is 0 Å². The summed E-state index contributed by atoms with van der Waals surface area (Å²) in [7, 11) is 0. The molecular weight excluding hydrogens is 254 g/mol. The molecule has 1 aliphatic rings. The van der Waals surface area contributed by atoms with Gasteiger partial charge >= 0.3 is 0 Å². The van der Waals surface area contributed by atoms with E-state index in [-0.39, 0.29) is 0 Å². The second-order valence-corrected chi connectivity index (χ2v) is 6.17. The van der Waals surface area contributed by atoms with Crippen LogP contribution in [-0.2, 0) is 6.42 Å². The van der Waals surface area contributed by atoms with Crippen molar-refractivity contribution in [2.24, 2.45) is 5.92 Å². The van der Waals surface area contributed by atoms with Crippen molar-refractivity contribution in [1.29, 1.82) is 0 Å². The maximum atomic E-state index is 3.80. The molecule has 2 aromatic rings. The van der Waals surface area contributed by atoms with Crippen molar-refractivity contribution in [3.63, 3.8) is 0 Å². The quantitative estimate of drug-likeness (QED) is 0.777. The molecule has 0 saturated heterocycles. The largest absolute Gasteiger partial charge is 0.378 e. The highest BCUT2D eigenvalue weighted by Gasteiger charge is 2.33. The molecule has 0 spiro atoms. The lowest BCUT2D eigenvalue weighted by Crippen LogP contribution is -2.30. The summed E-state index contributed by atoms with van der Waals surface area (Å²) in [6.07, 6.45) is 2.31. The van der Waals surface area contributed by atoms with Crippen LogP contribution in [0.15, 0.2) is 48.5 Å². The van der Waals surface area contributed by atoms with Crippen molar-refractivity contribution in [1.82, 2.24) is 0 Å². The second-order valence-electron chi connectivity index (χ2n) is 6.17. The van der Waals surface area contributed by atoms with Crippen LogP contribution in [0.4, 0.5) is 5.69 Å². The summed E-state index contributed by atoms with van der Waals surface area (Å²) in [6.45, 7) is 6.93. The molecule has 3 rings (SSSR count). The van der Waals surface area contributed by atoms with Gasteiger partial charge in [-0.15, -0.1) is 0 Å². The molecule has 0 amide bonds. The Hall–Kier alpha value is -1.76. The van der Waals surface area contributed by atoms with E-state index in [1.165, 1.54) is 28.8 Å². The minimum Gasteiger partial charge on any atom is -0.378 e. The molecule has 1 nitrogen and oxygen atoms in total. The van der Waals surface area contributed by atoms with Crippen LogP contribution in [0.1, 0.15) is 55.8 Å². The van der Waals surface area contributed by atoms with E-state index in [0.717, 1.165) is 6.42 Å². The third-order valence-electron chi connectivity index (χ3n) is 5.03. The zero-order valence-electron chi connectivity index (χ0n) is 13.3. The summed E-state index contributed by atoms with van der Waals surface area (Å²) >= 11 is 0. The SMILES string of the molecule is CCc1ccc2c(c1)[C@@H](C)[C@@H](CC)[C@H](c1ccccc1)N2. The molecule has 2 aromatic carbocycles. The number of hydrogen-bond donors (Lipinski definition) is 1. The summed E-state index contributed by atoms with van der Waals surface area (Å²) in [6, 6.07) is 18.2. The van der Waals surface area contributed by atoms with Crippen molar-refractivity contribution in [2.75, 3.05) is 5.32 Å². The first-order valence-electron chi connectivity index (χ1n) is 8.18. The minimum atomic E-state index is 0.422. The molecule has 0 radical (unpaired) electrons. The predicted molar refractivity (Wildman–Crippen MR) is 90.8 cm³/mol. The Morgan fingerprint density at radius 1 is 1.00 bits per heavy atom. The van der Waals surface area contributed by atoms with Crippen LogP contribution in [0.2, 0.25) is 0 Å². The van der Waals surface area contributed by atoms with Crippen LogP contribution in [0.5, 0.6) is 0 Å². The summed E-state index contributed by atoms with van der Waals surface area (Å²) in [5.74, 6) is 1.25. The molecule has 1 heteroatoms. The van der Waals surface area contributed by atoms with Crippen LogP contribution in [0.3, 0.4) is 0 Å². The topological polar surface area (TPSA) is 12.0 Å². The lowest BCUT2D eigenvalue weighted by atomic mass is 9.74. The monoisotopic (exact) mass is 279 g/mol. The van der Waals surface area contributed by atoms with E-state index in [2.05, 4.69) is 74.6 Å². The molecule has 0 fully saturated rings. The smallest absolute Gasteiger partial charge is 0.0547 e. The zero-order valence-corrected chi connectivity index (χ0v) is 13.3. The van der Waals surface area contributed by atoms with Gasteiger partial charge in [0.05, 0.1) is 6.04 Å². The Morgan fingerprint density at radius 2 is 1.76 bits per heavy atom. The number of nitrogens with one attached hydrogen (secondary N) is 1. The average Bonchev–Trinajstić information content (AvgIpc) is 2.55. The fourth-order valence-electron chi connectivity index (χ4n) is 3.71. The normalized spacial score (nSPS) is 24.2. The van der Waals surface area contributed by atoms with Gasteiger partial charge in [0.1, 0.15) is 0 Å². The summed E-state index contributed by atoms with van der Waals surface area (Å²) in [5, 5.41) is 3.80. The van der Waals surface area contributed by atoms with E-state index < -0.39 is 0 Å². The van der Waals surface area contributed by atoms with Crippen LogP contribution in [0.25, 0.3) is 0 Å². The Kier molecular flexibility index (Phi) is 4.01. The highest BCUT2D eigenvalue weighted by molar-refractivity contribution is 5.58. The van der Waals surface area contributed by atoms with Crippen molar-refractivity contribution < 1.29 is 0 Å². The van der Waals surface area contributed by atoms with Crippen LogP contribution < -0.4 is 5.32 Å². The maximum absolute atomic E-state index is 3.80. The summed E-state index contributed by atoms with van der Waals surface area (Å²) < 4.78 is 0. The summed E-state index contributed by atoms with van der Waals surface area (Å²) in [5.41, 5.74) is 5.66. The lowest BCUT2D eigenvalue weighted by molar-refractivity contribution is 0.364. The van der Waals surface area contributed by atoms with Crippen LogP contribution in [0, 0.1) is 5.92 Å². The third kappa shape index (κ3) is 2.57. The first-order valence-corrected chi connectivity index (χ1v) is 8.18. The number of rotatable bonds is 3. The second kappa shape index (κ2) is 5.93. The predicted octanol–water partition coefficient (Wildman–Crippen LogP) is 5.55. The maximum Gasteiger partial charge on any atom is 0.0547 e. The van der Waals surface area contributed by atoms with E-state index >= 15 is 0 Å². The highest BCUT2D eigenvalue weighted by atomic mass is 14.9. The van der Waals surface area contributed by atoms with Crippen molar-refractivity contribution in [2.45, 2.75) is 45.6 Å². The molecular formula is C20H25N. The van der Waals surface area contributed by atoms with Gasteiger partial charge in [0.2, 0.25) is 0 Å². The number of anilines is 1. The zero-order chi connectivity index (χ0) is 14.8. The van der Waals surface area contributed by atoms with Gasteiger partial charge in [0, 0.05) is 5.69 Å². The fraction of sp³-hybridized carbons (Fsp3) is 0.400.